The topological polar surface area (TPSA) is 61.2 Å². The van der Waals surface area contributed by atoms with Crippen molar-refractivity contribution in [3.63, 3.8) is 0 Å². The number of benzene rings is 1. The molecular formula is C27H28FN5O2S2. The first kappa shape index (κ1) is 25.4. The van der Waals surface area contributed by atoms with Gasteiger partial charge in [-0.1, -0.05) is 61.9 Å². The van der Waals surface area contributed by atoms with E-state index in [0.29, 0.717) is 64.7 Å². The first-order valence-corrected chi connectivity index (χ1v) is 13.7. The molecule has 1 amide bonds. The molecule has 0 atom stereocenters. The van der Waals surface area contributed by atoms with E-state index in [0.717, 1.165) is 19.3 Å². The number of nitrogens with zero attached hydrogens (tertiary/aromatic N) is 5. The van der Waals surface area contributed by atoms with Gasteiger partial charge in [0.2, 0.25) is 0 Å². The van der Waals surface area contributed by atoms with Crippen molar-refractivity contribution in [2.24, 2.45) is 0 Å². The molecule has 2 saturated heterocycles. The van der Waals surface area contributed by atoms with Crippen LogP contribution < -0.4 is 15.4 Å². The van der Waals surface area contributed by atoms with E-state index in [1.54, 1.807) is 41.4 Å². The molecule has 7 nitrogen and oxygen atoms in total. The number of thioether (sulfide) groups is 1. The van der Waals surface area contributed by atoms with Crippen LogP contribution in [-0.2, 0) is 4.79 Å². The number of hydrogen-bond acceptors (Lipinski definition) is 7. The zero-order chi connectivity index (χ0) is 25.9. The standard InChI is InChI=1S/C27H28FN5O2S2/c1-2-3-7-13-33-26(35)22(37-27(33)36)18-19-24(29-23-11-6-8-12-32(23)25(19)34)31-16-14-30(15-17-31)21-10-5-4-9-20(21)28/h4-6,8-12,18H,2-3,7,13-17H2,1H3/b22-18-. The molecule has 192 valence electrons. The van der Waals surface area contributed by atoms with Gasteiger partial charge in [-0.25, -0.2) is 9.37 Å². The molecule has 37 heavy (non-hydrogen) atoms. The number of aromatic nitrogens is 2. The van der Waals surface area contributed by atoms with Crippen LogP contribution in [0.1, 0.15) is 31.7 Å². The van der Waals surface area contributed by atoms with Gasteiger partial charge < -0.3 is 9.80 Å². The number of para-hydroxylation sites is 1. The third kappa shape index (κ3) is 5.13. The molecule has 2 aromatic heterocycles. The van der Waals surface area contributed by atoms with Crippen LogP contribution in [0, 0.1) is 5.82 Å². The zero-order valence-electron chi connectivity index (χ0n) is 20.6. The molecule has 0 saturated carbocycles. The number of halogens is 1. The fraction of sp³-hybridized carbons (Fsp3) is 0.333. The van der Waals surface area contributed by atoms with Gasteiger partial charge in [0.1, 0.15) is 21.6 Å². The Bertz CT molecular complexity index is 1430. The molecule has 5 rings (SSSR count). The number of thiocarbonyl (C=S) groups is 1. The fourth-order valence-corrected chi connectivity index (χ4v) is 5.96. The van der Waals surface area contributed by atoms with Crippen molar-refractivity contribution in [3.05, 3.63) is 75.3 Å². The van der Waals surface area contributed by atoms with Gasteiger partial charge >= 0.3 is 0 Å². The van der Waals surface area contributed by atoms with Crippen molar-refractivity contribution in [1.29, 1.82) is 0 Å². The molecule has 0 spiro atoms. The van der Waals surface area contributed by atoms with Crippen molar-refractivity contribution in [1.82, 2.24) is 14.3 Å². The Balaban J connectivity index is 1.48. The summed E-state index contributed by atoms with van der Waals surface area (Å²) in [5.74, 6) is 0.110. The number of anilines is 2. The van der Waals surface area contributed by atoms with Gasteiger partial charge in [-0.05, 0) is 36.8 Å². The van der Waals surface area contributed by atoms with E-state index >= 15 is 0 Å². The first-order valence-electron chi connectivity index (χ1n) is 12.5. The highest BCUT2D eigenvalue weighted by atomic mass is 32.2. The van der Waals surface area contributed by atoms with E-state index in [4.69, 9.17) is 17.2 Å². The van der Waals surface area contributed by atoms with Crippen LogP contribution in [-0.4, -0.2) is 57.2 Å². The maximum absolute atomic E-state index is 14.3. The van der Waals surface area contributed by atoms with Crippen LogP contribution in [0.4, 0.5) is 15.9 Å². The Labute approximate surface area is 224 Å². The summed E-state index contributed by atoms with van der Waals surface area (Å²) in [4.78, 5) is 37.7. The molecule has 0 aliphatic carbocycles. The molecule has 0 N–H and O–H groups in total. The third-order valence-corrected chi connectivity index (χ3v) is 8.03. The van der Waals surface area contributed by atoms with E-state index in [-0.39, 0.29) is 17.3 Å². The number of piperazine rings is 1. The van der Waals surface area contributed by atoms with Crippen molar-refractivity contribution in [2.75, 3.05) is 42.5 Å². The van der Waals surface area contributed by atoms with Crippen LogP contribution in [0.5, 0.6) is 0 Å². The lowest BCUT2D eigenvalue weighted by Gasteiger charge is -2.37. The number of fused-ring (bicyclic) bond motifs is 1. The molecule has 4 heterocycles. The van der Waals surface area contributed by atoms with Gasteiger partial charge in [-0.3, -0.25) is 18.9 Å². The second-order valence-electron chi connectivity index (χ2n) is 9.05. The first-order chi connectivity index (χ1) is 18.0. The summed E-state index contributed by atoms with van der Waals surface area (Å²) < 4.78 is 16.4. The van der Waals surface area contributed by atoms with Gasteiger partial charge in [-0.2, -0.15) is 0 Å². The maximum atomic E-state index is 14.3. The smallest absolute Gasteiger partial charge is 0.267 e. The Morgan fingerprint density at radius 1 is 1.03 bits per heavy atom. The molecule has 2 fully saturated rings. The maximum Gasteiger partial charge on any atom is 0.267 e. The van der Waals surface area contributed by atoms with Gasteiger partial charge in [0.15, 0.2) is 0 Å². The quantitative estimate of drug-likeness (QED) is 0.249. The molecule has 0 bridgehead atoms. The average Bonchev–Trinajstić information content (AvgIpc) is 3.18. The minimum Gasteiger partial charge on any atom is -0.366 e. The Morgan fingerprint density at radius 3 is 2.51 bits per heavy atom. The van der Waals surface area contributed by atoms with E-state index in [1.165, 1.54) is 22.2 Å². The van der Waals surface area contributed by atoms with Crippen molar-refractivity contribution in [3.8, 4) is 0 Å². The van der Waals surface area contributed by atoms with E-state index in [1.807, 2.05) is 21.9 Å². The molecule has 10 heteroatoms. The number of unbranched alkanes of at least 4 members (excludes halogenated alkanes) is 2. The normalized spacial score (nSPS) is 17.5. The highest BCUT2D eigenvalue weighted by Gasteiger charge is 2.33. The molecule has 1 aromatic carbocycles. The summed E-state index contributed by atoms with van der Waals surface area (Å²) in [5.41, 5.74) is 1.22. The number of carbonyl (C=O) groups excluding carboxylic acids is 1. The van der Waals surface area contributed by atoms with Gasteiger partial charge in [0, 0.05) is 38.9 Å². The highest BCUT2D eigenvalue weighted by molar-refractivity contribution is 8.26. The molecule has 3 aromatic rings. The monoisotopic (exact) mass is 537 g/mol. The van der Waals surface area contributed by atoms with Crippen molar-refractivity contribution in [2.45, 2.75) is 26.2 Å². The highest BCUT2D eigenvalue weighted by Crippen LogP contribution is 2.34. The van der Waals surface area contributed by atoms with Crippen molar-refractivity contribution < 1.29 is 9.18 Å². The average molecular weight is 538 g/mol. The minimum absolute atomic E-state index is 0.168. The van der Waals surface area contributed by atoms with Crippen LogP contribution >= 0.6 is 24.0 Å². The summed E-state index contributed by atoms with van der Waals surface area (Å²) in [6.45, 7) is 4.97. The lowest BCUT2D eigenvalue weighted by atomic mass is 10.2. The fourth-order valence-electron chi connectivity index (χ4n) is 4.67. The van der Waals surface area contributed by atoms with Crippen LogP contribution in [0.25, 0.3) is 11.7 Å². The number of carbonyl (C=O) groups is 1. The summed E-state index contributed by atoms with van der Waals surface area (Å²) >= 11 is 6.71. The number of pyridine rings is 1. The third-order valence-electron chi connectivity index (χ3n) is 6.66. The van der Waals surface area contributed by atoms with E-state index in [2.05, 4.69) is 6.92 Å². The largest absolute Gasteiger partial charge is 0.366 e. The summed E-state index contributed by atoms with van der Waals surface area (Å²) in [5, 5.41) is 0. The van der Waals surface area contributed by atoms with Crippen molar-refractivity contribution >= 4 is 57.4 Å². The van der Waals surface area contributed by atoms with Crippen LogP contribution in [0.3, 0.4) is 0 Å². The SMILES string of the molecule is CCCCCN1C(=O)/C(=C/c2c(N3CCN(c4ccccc4F)CC3)nc3ccccn3c2=O)SC1=S. The Kier molecular flexibility index (Phi) is 7.57. The van der Waals surface area contributed by atoms with Crippen LogP contribution in [0.15, 0.2) is 58.4 Å². The number of amides is 1. The van der Waals surface area contributed by atoms with E-state index < -0.39 is 0 Å². The van der Waals surface area contributed by atoms with E-state index in [9.17, 15) is 14.0 Å². The second-order valence-corrected chi connectivity index (χ2v) is 10.7. The lowest BCUT2D eigenvalue weighted by molar-refractivity contribution is -0.122. The van der Waals surface area contributed by atoms with Gasteiger partial charge in [0.25, 0.3) is 11.5 Å². The molecule has 0 radical (unpaired) electrons. The van der Waals surface area contributed by atoms with Gasteiger partial charge in [0.05, 0.1) is 16.2 Å². The zero-order valence-corrected chi connectivity index (χ0v) is 22.2. The second kappa shape index (κ2) is 11.0. The number of hydrogen-bond donors (Lipinski definition) is 0. The van der Waals surface area contributed by atoms with Gasteiger partial charge in [-0.15, -0.1) is 0 Å². The predicted octanol–water partition coefficient (Wildman–Crippen LogP) is 4.55. The Hall–Kier alpha value is -3.24. The molecular weight excluding hydrogens is 509 g/mol. The molecule has 2 aliphatic rings. The lowest BCUT2D eigenvalue weighted by Crippen LogP contribution is -2.47. The summed E-state index contributed by atoms with van der Waals surface area (Å²) in [6, 6.07) is 12.2. The Morgan fingerprint density at radius 2 is 1.76 bits per heavy atom. The predicted molar refractivity (Wildman–Crippen MR) is 152 cm³/mol. The molecule has 2 aliphatic heterocycles. The summed E-state index contributed by atoms with van der Waals surface area (Å²) in [7, 11) is 0. The number of rotatable bonds is 7. The minimum atomic E-state index is -0.250. The van der Waals surface area contributed by atoms with Crippen LogP contribution in [0.2, 0.25) is 0 Å². The summed E-state index contributed by atoms with van der Waals surface area (Å²) in [6.07, 6.45) is 6.28. The molecule has 0 unspecified atom stereocenters.